The van der Waals surface area contributed by atoms with E-state index in [-0.39, 0.29) is 18.0 Å². The summed E-state index contributed by atoms with van der Waals surface area (Å²) in [6, 6.07) is 11.5. The van der Waals surface area contributed by atoms with Gasteiger partial charge in [0.1, 0.15) is 0 Å². The number of hydrogen-bond donors (Lipinski definition) is 2. The second-order valence-corrected chi connectivity index (χ2v) is 6.60. The summed E-state index contributed by atoms with van der Waals surface area (Å²) >= 11 is 1.60. The van der Waals surface area contributed by atoms with Gasteiger partial charge in [-0.05, 0) is 37.1 Å². The highest BCUT2D eigenvalue weighted by atomic mass is 32.2. The summed E-state index contributed by atoms with van der Waals surface area (Å²) in [5.41, 5.74) is 1.81. The summed E-state index contributed by atoms with van der Waals surface area (Å²) in [7, 11) is 0. The number of fused-ring (bicyclic) bond motifs is 1. The lowest BCUT2D eigenvalue weighted by molar-refractivity contribution is -0.116. The van der Waals surface area contributed by atoms with Gasteiger partial charge >= 0.3 is 0 Å². The van der Waals surface area contributed by atoms with Crippen molar-refractivity contribution in [1.29, 1.82) is 0 Å². The molecule has 0 aliphatic heterocycles. The van der Waals surface area contributed by atoms with E-state index in [4.69, 9.17) is 0 Å². The number of aromatic nitrogens is 2. The van der Waals surface area contributed by atoms with Crippen molar-refractivity contribution in [3.8, 4) is 0 Å². The first-order chi connectivity index (χ1) is 12.1. The molecule has 130 valence electrons. The van der Waals surface area contributed by atoms with Crippen LogP contribution in [0.25, 0.3) is 11.0 Å². The number of rotatable bonds is 7. The molecule has 4 nitrogen and oxygen atoms in total. The predicted octanol–water partition coefficient (Wildman–Crippen LogP) is 4.74. The van der Waals surface area contributed by atoms with E-state index in [1.807, 2.05) is 24.3 Å². The van der Waals surface area contributed by atoms with Gasteiger partial charge in [-0.3, -0.25) is 4.79 Å². The molecule has 3 rings (SSSR count). The standard InChI is InChI=1S/C18H17F2N3OS/c19-12-6-5-9-15(17(12)20)21-16(24)10-3-4-11-25-18-22-13-7-1-2-8-14(13)23-18/h1-2,5-9H,3-4,10-11H2,(H,21,24)(H,22,23). The van der Waals surface area contributed by atoms with Crippen LogP contribution in [0.1, 0.15) is 19.3 Å². The van der Waals surface area contributed by atoms with Crippen molar-refractivity contribution in [2.75, 3.05) is 11.1 Å². The van der Waals surface area contributed by atoms with Crippen LogP contribution < -0.4 is 5.32 Å². The van der Waals surface area contributed by atoms with Gasteiger partial charge in [-0.1, -0.05) is 30.0 Å². The summed E-state index contributed by atoms with van der Waals surface area (Å²) in [6.07, 6.45) is 1.74. The van der Waals surface area contributed by atoms with Crippen LogP contribution in [0, 0.1) is 11.6 Å². The number of imidazole rings is 1. The molecule has 0 aliphatic rings. The summed E-state index contributed by atoms with van der Waals surface area (Å²) in [6.45, 7) is 0. The highest BCUT2D eigenvalue weighted by Gasteiger charge is 2.10. The number of anilines is 1. The van der Waals surface area contributed by atoms with Crippen molar-refractivity contribution < 1.29 is 13.6 Å². The lowest BCUT2D eigenvalue weighted by atomic mass is 10.2. The Bertz CT molecular complexity index is 849. The van der Waals surface area contributed by atoms with Crippen molar-refractivity contribution >= 4 is 34.4 Å². The quantitative estimate of drug-likeness (QED) is 0.472. The number of para-hydroxylation sites is 2. The van der Waals surface area contributed by atoms with Crippen molar-refractivity contribution in [3.05, 3.63) is 54.1 Å². The van der Waals surface area contributed by atoms with E-state index in [2.05, 4.69) is 15.3 Å². The zero-order valence-corrected chi connectivity index (χ0v) is 14.2. The number of thioether (sulfide) groups is 1. The molecule has 0 aliphatic carbocycles. The topological polar surface area (TPSA) is 57.8 Å². The minimum Gasteiger partial charge on any atom is -0.333 e. The Kier molecular flexibility index (Phi) is 5.65. The Morgan fingerprint density at radius 3 is 2.80 bits per heavy atom. The molecule has 0 spiro atoms. The molecular formula is C18H17F2N3OS. The Hall–Kier alpha value is -2.41. The van der Waals surface area contributed by atoms with E-state index in [1.165, 1.54) is 12.1 Å². The van der Waals surface area contributed by atoms with E-state index < -0.39 is 11.6 Å². The summed E-state index contributed by atoms with van der Waals surface area (Å²) in [4.78, 5) is 19.5. The Balaban J connectivity index is 1.39. The van der Waals surface area contributed by atoms with Crippen molar-refractivity contribution in [3.63, 3.8) is 0 Å². The van der Waals surface area contributed by atoms with Gasteiger partial charge in [-0.25, -0.2) is 13.8 Å². The van der Waals surface area contributed by atoms with Crippen LogP contribution in [0.5, 0.6) is 0 Å². The number of unbranched alkanes of at least 4 members (excludes halogenated alkanes) is 1. The minimum absolute atomic E-state index is 0.123. The molecule has 1 heterocycles. The Labute approximate surface area is 148 Å². The van der Waals surface area contributed by atoms with Gasteiger partial charge in [-0.15, -0.1) is 0 Å². The minimum atomic E-state index is -1.03. The number of nitrogens with one attached hydrogen (secondary N) is 2. The molecule has 3 aromatic rings. The van der Waals surface area contributed by atoms with Gasteiger partial charge in [0.25, 0.3) is 0 Å². The van der Waals surface area contributed by atoms with Gasteiger partial charge in [0, 0.05) is 12.2 Å². The van der Waals surface area contributed by atoms with Gasteiger partial charge in [0.2, 0.25) is 5.91 Å². The van der Waals surface area contributed by atoms with E-state index in [0.717, 1.165) is 34.4 Å². The van der Waals surface area contributed by atoms with Crippen LogP contribution in [0.3, 0.4) is 0 Å². The van der Waals surface area contributed by atoms with E-state index in [1.54, 1.807) is 11.8 Å². The number of nitrogens with zero attached hydrogens (tertiary/aromatic N) is 1. The maximum atomic E-state index is 13.5. The average molecular weight is 361 g/mol. The molecule has 7 heteroatoms. The number of benzene rings is 2. The first kappa shape index (κ1) is 17.4. The third-order valence-corrected chi connectivity index (χ3v) is 4.59. The number of hydrogen-bond acceptors (Lipinski definition) is 3. The first-order valence-corrected chi connectivity index (χ1v) is 8.93. The third-order valence-electron chi connectivity index (χ3n) is 3.63. The fraction of sp³-hybridized carbons (Fsp3) is 0.222. The zero-order valence-electron chi connectivity index (χ0n) is 13.4. The number of amides is 1. The van der Waals surface area contributed by atoms with Crippen LogP contribution in [0.4, 0.5) is 14.5 Å². The molecule has 0 saturated carbocycles. The van der Waals surface area contributed by atoms with Gasteiger partial charge in [0.05, 0.1) is 16.7 Å². The number of H-pyrrole nitrogens is 1. The second-order valence-electron chi connectivity index (χ2n) is 5.51. The first-order valence-electron chi connectivity index (χ1n) is 7.95. The maximum absolute atomic E-state index is 13.5. The molecule has 0 saturated heterocycles. The Morgan fingerprint density at radius 1 is 1.12 bits per heavy atom. The van der Waals surface area contributed by atoms with Gasteiger partial charge in [0.15, 0.2) is 16.8 Å². The molecule has 1 amide bonds. The normalized spacial score (nSPS) is 11.0. The molecular weight excluding hydrogens is 344 g/mol. The molecule has 2 aromatic carbocycles. The molecule has 0 unspecified atom stereocenters. The molecule has 1 aromatic heterocycles. The Morgan fingerprint density at radius 2 is 1.96 bits per heavy atom. The van der Waals surface area contributed by atoms with Gasteiger partial charge < -0.3 is 10.3 Å². The van der Waals surface area contributed by atoms with E-state index >= 15 is 0 Å². The highest BCUT2D eigenvalue weighted by molar-refractivity contribution is 7.99. The van der Waals surface area contributed by atoms with E-state index in [0.29, 0.717) is 6.42 Å². The van der Waals surface area contributed by atoms with Crippen LogP contribution in [-0.4, -0.2) is 21.6 Å². The molecule has 25 heavy (non-hydrogen) atoms. The number of carbonyl (C=O) groups is 1. The zero-order chi connectivity index (χ0) is 17.6. The molecule has 2 N–H and O–H groups in total. The van der Waals surface area contributed by atoms with Crippen molar-refractivity contribution in [2.24, 2.45) is 0 Å². The molecule has 0 atom stereocenters. The lowest BCUT2D eigenvalue weighted by Crippen LogP contribution is -2.12. The summed E-state index contributed by atoms with van der Waals surface area (Å²) < 4.78 is 26.6. The molecule has 0 fully saturated rings. The fourth-order valence-electron chi connectivity index (χ4n) is 2.37. The van der Waals surface area contributed by atoms with Crippen molar-refractivity contribution in [1.82, 2.24) is 9.97 Å². The summed E-state index contributed by atoms with van der Waals surface area (Å²) in [5.74, 6) is -1.50. The third kappa shape index (κ3) is 4.57. The maximum Gasteiger partial charge on any atom is 0.224 e. The van der Waals surface area contributed by atoms with Crippen molar-refractivity contribution in [2.45, 2.75) is 24.4 Å². The monoisotopic (exact) mass is 361 g/mol. The number of aromatic amines is 1. The van der Waals surface area contributed by atoms with Crippen LogP contribution in [0.2, 0.25) is 0 Å². The highest BCUT2D eigenvalue weighted by Crippen LogP contribution is 2.21. The average Bonchev–Trinajstić information content (AvgIpc) is 3.01. The van der Waals surface area contributed by atoms with Crippen LogP contribution in [0.15, 0.2) is 47.6 Å². The van der Waals surface area contributed by atoms with Gasteiger partial charge in [-0.2, -0.15) is 0 Å². The van der Waals surface area contributed by atoms with Crippen LogP contribution >= 0.6 is 11.8 Å². The second kappa shape index (κ2) is 8.11. The van der Waals surface area contributed by atoms with Crippen LogP contribution in [-0.2, 0) is 4.79 Å². The molecule has 0 radical (unpaired) electrons. The number of halogens is 2. The smallest absolute Gasteiger partial charge is 0.224 e. The fourth-order valence-corrected chi connectivity index (χ4v) is 3.25. The lowest BCUT2D eigenvalue weighted by Gasteiger charge is -2.06. The number of carbonyl (C=O) groups excluding carboxylic acids is 1. The SMILES string of the molecule is O=C(CCCCSc1nc2ccccc2[nH]1)Nc1cccc(F)c1F. The van der Waals surface area contributed by atoms with E-state index in [9.17, 15) is 13.6 Å². The predicted molar refractivity (Wildman–Crippen MR) is 95.7 cm³/mol. The molecule has 0 bridgehead atoms. The summed E-state index contributed by atoms with van der Waals surface area (Å²) in [5, 5.41) is 3.25. The largest absolute Gasteiger partial charge is 0.333 e.